The first-order valence-electron chi connectivity index (χ1n) is 5.26. The van der Waals surface area contributed by atoms with E-state index in [0.29, 0.717) is 6.42 Å². The fraction of sp³-hybridized carbons (Fsp3) is 0.385. The van der Waals surface area contributed by atoms with Crippen molar-refractivity contribution in [1.82, 2.24) is 0 Å². The Balaban J connectivity index is 2.21. The van der Waals surface area contributed by atoms with E-state index in [1.807, 2.05) is 6.07 Å². The number of ether oxygens (including phenoxy) is 1. The van der Waals surface area contributed by atoms with Crippen molar-refractivity contribution in [3.63, 3.8) is 0 Å². The van der Waals surface area contributed by atoms with Crippen LogP contribution in [0.3, 0.4) is 0 Å². The van der Waals surface area contributed by atoms with Crippen LogP contribution in [0.25, 0.3) is 0 Å². The smallest absolute Gasteiger partial charge is 0.0642 e. The SMILES string of the molecule is C#CCc1ccccc1N1CCOCC1. The van der Waals surface area contributed by atoms with Crippen LogP contribution in [0.5, 0.6) is 0 Å². The van der Waals surface area contributed by atoms with Crippen LogP contribution in [0.4, 0.5) is 5.69 Å². The Labute approximate surface area is 90.9 Å². The topological polar surface area (TPSA) is 12.5 Å². The lowest BCUT2D eigenvalue weighted by molar-refractivity contribution is 0.122. The number of nitrogens with zero attached hydrogens (tertiary/aromatic N) is 1. The molecule has 1 aliphatic heterocycles. The van der Waals surface area contributed by atoms with E-state index in [2.05, 4.69) is 29.0 Å². The monoisotopic (exact) mass is 201 g/mol. The second-order valence-electron chi connectivity index (χ2n) is 3.61. The normalized spacial score (nSPS) is 16.1. The largest absolute Gasteiger partial charge is 0.378 e. The summed E-state index contributed by atoms with van der Waals surface area (Å²) in [5.41, 5.74) is 2.50. The average molecular weight is 201 g/mol. The highest BCUT2D eigenvalue weighted by Crippen LogP contribution is 2.21. The third-order valence-corrected chi connectivity index (χ3v) is 2.64. The zero-order chi connectivity index (χ0) is 10.5. The maximum absolute atomic E-state index is 5.37. The number of morpholine rings is 1. The minimum absolute atomic E-state index is 0.702. The van der Waals surface area contributed by atoms with Crippen LogP contribution in [0, 0.1) is 12.3 Å². The van der Waals surface area contributed by atoms with Gasteiger partial charge in [0.15, 0.2) is 0 Å². The van der Waals surface area contributed by atoms with Crippen molar-refractivity contribution in [1.29, 1.82) is 0 Å². The highest BCUT2D eigenvalue weighted by Gasteiger charge is 2.13. The van der Waals surface area contributed by atoms with Crippen LogP contribution in [0.15, 0.2) is 24.3 Å². The molecule has 0 atom stereocenters. The van der Waals surface area contributed by atoms with Crippen molar-refractivity contribution in [3.8, 4) is 12.3 Å². The first-order chi connectivity index (χ1) is 7.42. The molecule has 0 bridgehead atoms. The summed E-state index contributed by atoms with van der Waals surface area (Å²) in [4.78, 5) is 2.34. The molecule has 0 amide bonds. The molecule has 0 aliphatic carbocycles. The number of anilines is 1. The Kier molecular flexibility index (Phi) is 3.26. The number of benzene rings is 1. The molecule has 0 N–H and O–H groups in total. The van der Waals surface area contributed by atoms with Gasteiger partial charge in [-0.2, -0.15) is 0 Å². The van der Waals surface area contributed by atoms with Crippen molar-refractivity contribution in [2.24, 2.45) is 0 Å². The van der Waals surface area contributed by atoms with Gasteiger partial charge in [-0.15, -0.1) is 12.3 Å². The van der Waals surface area contributed by atoms with E-state index in [4.69, 9.17) is 11.2 Å². The molecular formula is C13H15NO. The highest BCUT2D eigenvalue weighted by atomic mass is 16.5. The standard InChI is InChI=1S/C13H15NO/c1-2-5-12-6-3-4-7-13(12)14-8-10-15-11-9-14/h1,3-4,6-7H,5,8-11H2. The fourth-order valence-electron chi connectivity index (χ4n) is 1.88. The maximum Gasteiger partial charge on any atom is 0.0642 e. The highest BCUT2D eigenvalue weighted by molar-refractivity contribution is 5.54. The van der Waals surface area contributed by atoms with E-state index in [1.54, 1.807) is 0 Å². The first kappa shape index (κ1) is 10.1. The van der Waals surface area contributed by atoms with Crippen molar-refractivity contribution < 1.29 is 4.74 Å². The number of para-hydroxylation sites is 1. The van der Waals surface area contributed by atoms with Crippen LogP contribution in [-0.2, 0) is 11.2 Å². The van der Waals surface area contributed by atoms with Gasteiger partial charge in [0.1, 0.15) is 0 Å². The van der Waals surface area contributed by atoms with Gasteiger partial charge in [0, 0.05) is 25.2 Å². The molecule has 2 heteroatoms. The zero-order valence-electron chi connectivity index (χ0n) is 8.78. The van der Waals surface area contributed by atoms with Crippen molar-refractivity contribution >= 4 is 5.69 Å². The number of rotatable bonds is 2. The lowest BCUT2D eigenvalue weighted by Gasteiger charge is -2.30. The van der Waals surface area contributed by atoms with E-state index in [9.17, 15) is 0 Å². The summed E-state index contributed by atoms with van der Waals surface area (Å²) in [6.07, 6.45) is 6.07. The van der Waals surface area contributed by atoms with Crippen molar-refractivity contribution in [3.05, 3.63) is 29.8 Å². The second-order valence-corrected chi connectivity index (χ2v) is 3.61. The third-order valence-electron chi connectivity index (χ3n) is 2.64. The van der Waals surface area contributed by atoms with E-state index in [1.165, 1.54) is 11.3 Å². The van der Waals surface area contributed by atoms with E-state index >= 15 is 0 Å². The van der Waals surface area contributed by atoms with Crippen LogP contribution < -0.4 is 4.90 Å². The fourth-order valence-corrected chi connectivity index (χ4v) is 1.88. The Hall–Kier alpha value is -1.46. The molecule has 1 aliphatic rings. The van der Waals surface area contributed by atoms with Gasteiger partial charge in [0.05, 0.1) is 13.2 Å². The minimum Gasteiger partial charge on any atom is -0.378 e. The quantitative estimate of drug-likeness (QED) is 0.675. The van der Waals surface area contributed by atoms with Gasteiger partial charge in [-0.25, -0.2) is 0 Å². The van der Waals surface area contributed by atoms with Crippen LogP contribution >= 0.6 is 0 Å². The molecule has 0 unspecified atom stereocenters. The van der Waals surface area contributed by atoms with Gasteiger partial charge < -0.3 is 9.64 Å². The molecule has 0 saturated carbocycles. The number of terminal acetylenes is 1. The zero-order valence-corrected chi connectivity index (χ0v) is 8.78. The molecule has 1 aromatic rings. The van der Waals surface area contributed by atoms with E-state index < -0.39 is 0 Å². The lowest BCUT2D eigenvalue weighted by Crippen LogP contribution is -2.36. The molecule has 0 spiro atoms. The van der Waals surface area contributed by atoms with Gasteiger partial charge >= 0.3 is 0 Å². The third kappa shape index (κ3) is 2.31. The van der Waals surface area contributed by atoms with Crippen LogP contribution in [-0.4, -0.2) is 26.3 Å². The van der Waals surface area contributed by atoms with Crippen molar-refractivity contribution in [2.45, 2.75) is 6.42 Å². The Morgan fingerprint density at radius 3 is 2.73 bits per heavy atom. The Morgan fingerprint density at radius 1 is 1.27 bits per heavy atom. The van der Waals surface area contributed by atoms with Gasteiger partial charge in [0.25, 0.3) is 0 Å². The average Bonchev–Trinajstić information content (AvgIpc) is 2.31. The Bertz CT molecular complexity index is 361. The summed E-state index contributed by atoms with van der Waals surface area (Å²) in [6.45, 7) is 3.54. The summed E-state index contributed by atoms with van der Waals surface area (Å²) in [5.74, 6) is 2.71. The van der Waals surface area contributed by atoms with Crippen LogP contribution in [0.1, 0.15) is 5.56 Å². The van der Waals surface area contributed by atoms with Gasteiger partial charge in [-0.05, 0) is 11.6 Å². The molecule has 2 rings (SSSR count). The molecule has 0 radical (unpaired) electrons. The summed E-state index contributed by atoms with van der Waals surface area (Å²) in [6, 6.07) is 8.34. The maximum atomic E-state index is 5.37. The molecule has 2 nitrogen and oxygen atoms in total. The summed E-state index contributed by atoms with van der Waals surface area (Å²) in [5, 5.41) is 0. The molecule has 1 aromatic carbocycles. The summed E-state index contributed by atoms with van der Waals surface area (Å²) in [7, 11) is 0. The van der Waals surface area contributed by atoms with Gasteiger partial charge in [-0.3, -0.25) is 0 Å². The predicted molar refractivity (Wildman–Crippen MR) is 62.0 cm³/mol. The number of hydrogen-bond acceptors (Lipinski definition) is 2. The summed E-state index contributed by atoms with van der Waals surface area (Å²) >= 11 is 0. The van der Waals surface area contributed by atoms with Gasteiger partial charge in [0.2, 0.25) is 0 Å². The van der Waals surface area contributed by atoms with Gasteiger partial charge in [-0.1, -0.05) is 18.2 Å². The molecule has 78 valence electrons. The van der Waals surface area contributed by atoms with Crippen molar-refractivity contribution in [2.75, 3.05) is 31.2 Å². The molecule has 1 saturated heterocycles. The molecule has 15 heavy (non-hydrogen) atoms. The second kappa shape index (κ2) is 4.86. The first-order valence-corrected chi connectivity index (χ1v) is 5.26. The van der Waals surface area contributed by atoms with Crippen LogP contribution in [0.2, 0.25) is 0 Å². The Morgan fingerprint density at radius 2 is 2.00 bits per heavy atom. The summed E-state index contributed by atoms with van der Waals surface area (Å²) < 4.78 is 5.34. The lowest BCUT2D eigenvalue weighted by atomic mass is 10.1. The molecular weight excluding hydrogens is 186 g/mol. The molecule has 1 fully saturated rings. The predicted octanol–water partition coefficient (Wildman–Crippen LogP) is 1.70. The number of hydrogen-bond donors (Lipinski definition) is 0. The molecule has 0 aromatic heterocycles. The molecule has 1 heterocycles. The van der Waals surface area contributed by atoms with E-state index in [0.717, 1.165) is 26.3 Å². The minimum atomic E-state index is 0.702. The van der Waals surface area contributed by atoms with E-state index in [-0.39, 0.29) is 0 Å².